The van der Waals surface area contributed by atoms with Gasteiger partial charge in [0.2, 0.25) is 10.0 Å². The highest BCUT2D eigenvalue weighted by molar-refractivity contribution is 7.89. The van der Waals surface area contributed by atoms with Crippen molar-refractivity contribution in [3.8, 4) is 11.3 Å². The number of nitrogens with one attached hydrogen (secondary N) is 1. The van der Waals surface area contributed by atoms with E-state index in [0.717, 1.165) is 18.4 Å². The van der Waals surface area contributed by atoms with Gasteiger partial charge in [0.15, 0.2) is 5.13 Å². The first kappa shape index (κ1) is 23.2. The molecule has 4 rings (SSSR count). The molecule has 6 nitrogen and oxygen atoms in total. The number of thiazole rings is 1. The number of halogens is 2. The van der Waals surface area contributed by atoms with Crippen molar-refractivity contribution >= 4 is 55.6 Å². The van der Waals surface area contributed by atoms with E-state index >= 15 is 0 Å². The molecule has 10 heteroatoms. The molecule has 1 fully saturated rings. The predicted molar refractivity (Wildman–Crippen MR) is 129 cm³/mol. The quantitative estimate of drug-likeness (QED) is 0.471. The van der Waals surface area contributed by atoms with Gasteiger partial charge in [-0.05, 0) is 55.2 Å². The second kappa shape index (κ2) is 9.49. The maximum atomic E-state index is 12.8. The summed E-state index contributed by atoms with van der Waals surface area (Å²) in [6.45, 7) is 3.18. The molecule has 1 amide bonds. The third kappa shape index (κ3) is 5.00. The van der Waals surface area contributed by atoms with E-state index in [9.17, 15) is 13.2 Å². The fraction of sp³-hybridized carbons (Fsp3) is 0.273. The molecule has 2 aromatic carbocycles. The van der Waals surface area contributed by atoms with Gasteiger partial charge >= 0.3 is 0 Å². The van der Waals surface area contributed by atoms with E-state index in [1.54, 1.807) is 18.2 Å². The molecule has 0 radical (unpaired) electrons. The van der Waals surface area contributed by atoms with E-state index in [1.807, 2.05) is 5.38 Å². The Morgan fingerprint density at radius 2 is 1.78 bits per heavy atom. The summed E-state index contributed by atoms with van der Waals surface area (Å²) in [6, 6.07) is 11.2. The molecule has 168 valence electrons. The van der Waals surface area contributed by atoms with Crippen molar-refractivity contribution in [3.63, 3.8) is 0 Å². The number of hydrogen-bond donors (Lipinski definition) is 1. The van der Waals surface area contributed by atoms with E-state index in [4.69, 9.17) is 23.2 Å². The van der Waals surface area contributed by atoms with Crippen molar-refractivity contribution < 1.29 is 13.2 Å². The summed E-state index contributed by atoms with van der Waals surface area (Å²) in [5, 5.41) is 5.87. The third-order valence-corrected chi connectivity index (χ3v) is 8.85. The summed E-state index contributed by atoms with van der Waals surface area (Å²) in [7, 11) is -3.55. The molecular weight excluding hydrogens is 489 g/mol. The summed E-state index contributed by atoms with van der Waals surface area (Å²) in [6.07, 6.45) is 1.72. The first-order chi connectivity index (χ1) is 15.2. The molecule has 1 N–H and O–H groups in total. The molecule has 3 aromatic rings. The average molecular weight is 510 g/mol. The number of amides is 1. The molecule has 0 bridgehead atoms. The zero-order chi connectivity index (χ0) is 22.9. The number of carbonyl (C=O) groups excluding carboxylic acids is 1. The van der Waals surface area contributed by atoms with Gasteiger partial charge in [0.25, 0.3) is 5.91 Å². The van der Waals surface area contributed by atoms with Crippen LogP contribution in [0, 0.1) is 5.92 Å². The van der Waals surface area contributed by atoms with Gasteiger partial charge in [-0.2, -0.15) is 4.31 Å². The number of benzene rings is 2. The lowest BCUT2D eigenvalue weighted by Crippen LogP contribution is -2.37. The molecule has 0 spiro atoms. The van der Waals surface area contributed by atoms with Crippen LogP contribution in [0.3, 0.4) is 0 Å². The standard InChI is InChI=1S/C22H21Cl2N3O3S2/c1-14-8-10-27(11-9-14)32(29,30)17-5-2-15(3-6-17)21(28)26-22-25-20(13-31-22)16-4-7-18(23)19(24)12-16/h2-7,12-14H,8-11H2,1H3,(H,25,26,28). The number of piperidine rings is 1. The SMILES string of the molecule is CC1CCN(S(=O)(=O)c2ccc(C(=O)Nc3nc(-c4ccc(Cl)c(Cl)c4)cs3)cc2)CC1. The molecule has 1 aliphatic heterocycles. The molecular formula is C22H21Cl2N3O3S2. The number of sulfonamides is 1. The van der Waals surface area contributed by atoms with Crippen LogP contribution in [-0.4, -0.2) is 36.7 Å². The normalized spacial score (nSPS) is 15.6. The zero-order valence-corrected chi connectivity index (χ0v) is 20.4. The van der Waals surface area contributed by atoms with Crippen molar-refractivity contribution in [2.75, 3.05) is 18.4 Å². The molecule has 1 saturated heterocycles. The Hall–Kier alpha value is -1.97. The summed E-state index contributed by atoms with van der Waals surface area (Å²) in [5.41, 5.74) is 1.81. The topological polar surface area (TPSA) is 79.4 Å². The van der Waals surface area contributed by atoms with Crippen LogP contribution in [0.15, 0.2) is 52.7 Å². The Balaban J connectivity index is 1.44. The van der Waals surface area contributed by atoms with Crippen LogP contribution in [-0.2, 0) is 10.0 Å². The van der Waals surface area contributed by atoms with Gasteiger partial charge in [-0.15, -0.1) is 11.3 Å². The van der Waals surface area contributed by atoms with Gasteiger partial charge in [0.05, 0.1) is 20.6 Å². The Morgan fingerprint density at radius 1 is 1.09 bits per heavy atom. The maximum Gasteiger partial charge on any atom is 0.257 e. The highest BCUT2D eigenvalue weighted by Gasteiger charge is 2.28. The number of aromatic nitrogens is 1. The van der Waals surface area contributed by atoms with Gasteiger partial charge in [0, 0.05) is 29.6 Å². The van der Waals surface area contributed by atoms with E-state index in [1.165, 1.54) is 39.9 Å². The monoisotopic (exact) mass is 509 g/mol. The molecule has 0 atom stereocenters. The fourth-order valence-electron chi connectivity index (χ4n) is 3.44. The number of rotatable bonds is 5. The van der Waals surface area contributed by atoms with Gasteiger partial charge in [-0.1, -0.05) is 36.2 Å². The van der Waals surface area contributed by atoms with E-state index in [-0.39, 0.29) is 10.8 Å². The van der Waals surface area contributed by atoms with Crippen LogP contribution in [0.1, 0.15) is 30.1 Å². The minimum absolute atomic E-state index is 0.194. The van der Waals surface area contributed by atoms with Gasteiger partial charge in [0.1, 0.15) is 0 Å². The Kier molecular flexibility index (Phi) is 6.88. The molecule has 32 heavy (non-hydrogen) atoms. The molecule has 0 unspecified atom stereocenters. The minimum atomic E-state index is -3.55. The van der Waals surface area contributed by atoms with Gasteiger partial charge < -0.3 is 0 Å². The number of carbonyl (C=O) groups is 1. The summed E-state index contributed by atoms with van der Waals surface area (Å²) >= 11 is 13.3. The second-order valence-corrected chi connectivity index (χ2v) is 11.3. The molecule has 0 saturated carbocycles. The first-order valence-electron chi connectivity index (χ1n) is 10.1. The lowest BCUT2D eigenvalue weighted by molar-refractivity contribution is 0.102. The zero-order valence-electron chi connectivity index (χ0n) is 17.2. The highest BCUT2D eigenvalue weighted by atomic mass is 35.5. The number of anilines is 1. The van der Waals surface area contributed by atoms with Crippen molar-refractivity contribution in [2.24, 2.45) is 5.92 Å². The van der Waals surface area contributed by atoms with Crippen LogP contribution >= 0.6 is 34.5 Å². The van der Waals surface area contributed by atoms with Crippen molar-refractivity contribution in [1.82, 2.24) is 9.29 Å². The van der Waals surface area contributed by atoms with Crippen LogP contribution < -0.4 is 5.32 Å². The summed E-state index contributed by atoms with van der Waals surface area (Å²) in [4.78, 5) is 17.2. The summed E-state index contributed by atoms with van der Waals surface area (Å²) in [5.74, 6) is 0.173. The number of nitrogens with zero attached hydrogens (tertiary/aromatic N) is 2. The van der Waals surface area contributed by atoms with Crippen LogP contribution in [0.25, 0.3) is 11.3 Å². The molecule has 1 aromatic heterocycles. The minimum Gasteiger partial charge on any atom is -0.298 e. The van der Waals surface area contributed by atoms with E-state index in [0.29, 0.717) is 45.4 Å². The van der Waals surface area contributed by atoms with Crippen LogP contribution in [0.4, 0.5) is 5.13 Å². The van der Waals surface area contributed by atoms with Gasteiger partial charge in [-0.25, -0.2) is 13.4 Å². The van der Waals surface area contributed by atoms with Crippen LogP contribution in [0.2, 0.25) is 10.0 Å². The molecule has 1 aliphatic rings. The predicted octanol–water partition coefficient (Wildman–Crippen LogP) is 5.79. The Bertz CT molecular complexity index is 1240. The van der Waals surface area contributed by atoms with Crippen molar-refractivity contribution in [2.45, 2.75) is 24.7 Å². The largest absolute Gasteiger partial charge is 0.298 e. The average Bonchev–Trinajstić information content (AvgIpc) is 3.24. The van der Waals surface area contributed by atoms with Crippen molar-refractivity contribution in [3.05, 3.63) is 63.5 Å². The smallest absolute Gasteiger partial charge is 0.257 e. The highest BCUT2D eigenvalue weighted by Crippen LogP contribution is 2.31. The fourth-order valence-corrected chi connectivity index (χ4v) is 5.92. The lowest BCUT2D eigenvalue weighted by atomic mass is 10.0. The lowest BCUT2D eigenvalue weighted by Gasteiger charge is -2.29. The van der Waals surface area contributed by atoms with E-state index in [2.05, 4.69) is 17.2 Å². The first-order valence-corrected chi connectivity index (χ1v) is 13.1. The molecule has 0 aliphatic carbocycles. The second-order valence-electron chi connectivity index (χ2n) is 7.73. The molecule has 2 heterocycles. The van der Waals surface area contributed by atoms with Crippen LogP contribution in [0.5, 0.6) is 0 Å². The maximum absolute atomic E-state index is 12.8. The Labute approximate surface area is 201 Å². The third-order valence-electron chi connectivity index (χ3n) is 5.44. The van der Waals surface area contributed by atoms with Gasteiger partial charge in [-0.3, -0.25) is 10.1 Å². The van der Waals surface area contributed by atoms with E-state index < -0.39 is 10.0 Å². The number of hydrogen-bond acceptors (Lipinski definition) is 5. The van der Waals surface area contributed by atoms with Crippen molar-refractivity contribution in [1.29, 1.82) is 0 Å². The summed E-state index contributed by atoms with van der Waals surface area (Å²) < 4.78 is 27.2. The Morgan fingerprint density at radius 3 is 2.44 bits per heavy atom.